The fourth-order valence-electron chi connectivity index (χ4n) is 4.62. The number of fused-ring (bicyclic) bond motifs is 4. The molecule has 2 aliphatic rings. The Kier molecular flexibility index (Phi) is 5.07. The summed E-state index contributed by atoms with van der Waals surface area (Å²) in [6.45, 7) is 3.95. The highest BCUT2D eigenvalue weighted by molar-refractivity contribution is 7.80. The minimum absolute atomic E-state index is 0.164. The Hall–Kier alpha value is -3.09. The predicted octanol–water partition coefficient (Wildman–Crippen LogP) is 5.45. The van der Waals surface area contributed by atoms with Crippen molar-refractivity contribution < 1.29 is 9.53 Å². The Bertz CT molecular complexity index is 1200. The number of benzene rings is 3. The number of nitrogens with zero attached hydrogens (tertiary/aromatic N) is 1. The zero-order valence-electron chi connectivity index (χ0n) is 17.6. The summed E-state index contributed by atoms with van der Waals surface area (Å²) in [5.74, 6) is -0.00290. The van der Waals surface area contributed by atoms with Gasteiger partial charge in [0.05, 0.1) is 6.04 Å². The molecule has 32 heavy (non-hydrogen) atoms. The van der Waals surface area contributed by atoms with Crippen molar-refractivity contribution in [1.29, 1.82) is 0 Å². The van der Waals surface area contributed by atoms with Gasteiger partial charge in [0.1, 0.15) is 11.7 Å². The number of aryl methyl sites for hydroxylation is 1. The van der Waals surface area contributed by atoms with Gasteiger partial charge >= 0.3 is 0 Å². The number of nitrogens with one attached hydrogen (secondary N) is 2. The second-order valence-corrected chi connectivity index (χ2v) is 9.09. The second kappa shape index (κ2) is 7.80. The van der Waals surface area contributed by atoms with E-state index in [0.29, 0.717) is 15.8 Å². The van der Waals surface area contributed by atoms with Crippen LogP contribution in [0.5, 0.6) is 5.75 Å². The summed E-state index contributed by atoms with van der Waals surface area (Å²) in [6.07, 6.45) is 0. The predicted molar refractivity (Wildman–Crippen MR) is 131 cm³/mol. The maximum absolute atomic E-state index is 13.7. The van der Waals surface area contributed by atoms with E-state index in [0.717, 1.165) is 22.6 Å². The van der Waals surface area contributed by atoms with Gasteiger partial charge in [0.2, 0.25) is 5.91 Å². The van der Waals surface area contributed by atoms with Gasteiger partial charge in [-0.15, -0.1) is 0 Å². The lowest BCUT2D eigenvalue weighted by atomic mass is 9.78. The van der Waals surface area contributed by atoms with Crippen LogP contribution in [0, 0.1) is 12.8 Å². The number of hydrogen-bond acceptors (Lipinski definition) is 3. The topological polar surface area (TPSA) is 53.6 Å². The molecule has 3 aromatic carbocycles. The fraction of sp³-hybridized carbons (Fsp3) is 0.200. The average molecular weight is 464 g/mol. The number of anilines is 2. The molecule has 5 rings (SSSR count). The van der Waals surface area contributed by atoms with E-state index in [9.17, 15) is 4.79 Å². The largest absolute Gasteiger partial charge is 0.467 e. The number of amides is 1. The molecule has 3 aromatic rings. The first-order chi connectivity index (χ1) is 15.4. The highest BCUT2D eigenvalue weighted by atomic mass is 35.5. The van der Waals surface area contributed by atoms with Crippen LogP contribution in [0.4, 0.5) is 11.4 Å². The van der Waals surface area contributed by atoms with Crippen molar-refractivity contribution in [2.24, 2.45) is 5.92 Å². The number of carbonyl (C=O) groups is 1. The molecule has 2 N–H and O–H groups in total. The first-order valence-corrected chi connectivity index (χ1v) is 11.2. The third-order valence-electron chi connectivity index (χ3n) is 6.06. The molecule has 5 nitrogen and oxygen atoms in total. The van der Waals surface area contributed by atoms with Gasteiger partial charge in [0, 0.05) is 22.0 Å². The maximum atomic E-state index is 13.7. The van der Waals surface area contributed by atoms with E-state index in [1.807, 2.05) is 61.2 Å². The molecule has 2 aliphatic heterocycles. The molecule has 3 atom stereocenters. The number of carbonyl (C=O) groups excluding carboxylic acids is 1. The zero-order chi connectivity index (χ0) is 22.5. The van der Waals surface area contributed by atoms with Crippen LogP contribution >= 0.6 is 23.8 Å². The van der Waals surface area contributed by atoms with Crippen LogP contribution in [0.15, 0.2) is 72.8 Å². The Labute approximate surface area is 197 Å². The third-order valence-corrected chi connectivity index (χ3v) is 6.61. The summed E-state index contributed by atoms with van der Waals surface area (Å²) in [4.78, 5) is 15.6. The van der Waals surface area contributed by atoms with Gasteiger partial charge in [0.25, 0.3) is 0 Å². The molecule has 1 fully saturated rings. The van der Waals surface area contributed by atoms with Gasteiger partial charge in [-0.25, -0.2) is 0 Å². The summed E-state index contributed by atoms with van der Waals surface area (Å²) in [6, 6.07) is 22.5. The van der Waals surface area contributed by atoms with E-state index in [2.05, 4.69) is 16.7 Å². The minimum Gasteiger partial charge on any atom is -0.467 e. The van der Waals surface area contributed by atoms with E-state index >= 15 is 0 Å². The van der Waals surface area contributed by atoms with Crippen molar-refractivity contribution in [3.8, 4) is 5.75 Å². The molecular weight excluding hydrogens is 442 g/mol. The van der Waals surface area contributed by atoms with Crippen LogP contribution < -0.4 is 20.3 Å². The van der Waals surface area contributed by atoms with Gasteiger partial charge in [0.15, 0.2) is 10.8 Å². The van der Waals surface area contributed by atoms with Crippen LogP contribution in [0.2, 0.25) is 5.02 Å². The standard InChI is InChI=1S/C25H22ClN3O2S/c1-15-8-13-20-19(14-15)22-21(23(30)27-17-11-9-16(26)10-12-17)25(2,31-20)29(24(32)28-22)18-6-4-3-5-7-18/h3-14,21-22H,1-2H3,(H,27,30)(H,28,32)/t21-,22+,25-/m1/s1. The summed E-state index contributed by atoms with van der Waals surface area (Å²) < 4.78 is 6.59. The Morgan fingerprint density at radius 3 is 2.56 bits per heavy atom. The number of thiocarbonyl (C=S) groups is 1. The number of rotatable bonds is 3. The molecule has 2 heterocycles. The van der Waals surface area contributed by atoms with E-state index in [1.54, 1.807) is 24.3 Å². The first-order valence-electron chi connectivity index (χ1n) is 10.4. The smallest absolute Gasteiger partial charge is 0.236 e. The summed E-state index contributed by atoms with van der Waals surface area (Å²) in [5.41, 5.74) is 2.50. The molecule has 7 heteroatoms. The molecule has 2 bridgehead atoms. The molecule has 0 radical (unpaired) electrons. The van der Waals surface area contributed by atoms with Crippen LogP contribution in [0.25, 0.3) is 0 Å². The monoisotopic (exact) mass is 463 g/mol. The average Bonchev–Trinajstić information content (AvgIpc) is 2.76. The van der Waals surface area contributed by atoms with E-state index in [4.69, 9.17) is 28.6 Å². The number of hydrogen-bond donors (Lipinski definition) is 2. The zero-order valence-corrected chi connectivity index (χ0v) is 19.2. The number of para-hydroxylation sites is 1. The van der Waals surface area contributed by atoms with E-state index in [1.165, 1.54) is 0 Å². The molecule has 0 unspecified atom stereocenters. The van der Waals surface area contributed by atoms with Crippen molar-refractivity contribution in [2.45, 2.75) is 25.6 Å². The molecule has 0 aromatic heterocycles. The summed E-state index contributed by atoms with van der Waals surface area (Å²) in [7, 11) is 0. The summed E-state index contributed by atoms with van der Waals surface area (Å²) >= 11 is 11.8. The van der Waals surface area contributed by atoms with Gasteiger partial charge in [-0.2, -0.15) is 0 Å². The number of ether oxygens (including phenoxy) is 1. The molecule has 0 saturated carbocycles. The van der Waals surface area contributed by atoms with Crippen molar-refractivity contribution in [2.75, 3.05) is 10.2 Å². The molecule has 1 saturated heterocycles. The minimum atomic E-state index is -1.03. The second-order valence-electron chi connectivity index (χ2n) is 8.27. The molecule has 0 aliphatic carbocycles. The highest BCUT2D eigenvalue weighted by Crippen LogP contribution is 2.50. The maximum Gasteiger partial charge on any atom is 0.236 e. The van der Waals surface area contributed by atoms with Crippen LogP contribution in [0.3, 0.4) is 0 Å². The summed E-state index contributed by atoms with van der Waals surface area (Å²) in [5, 5.41) is 7.59. The van der Waals surface area contributed by atoms with Crippen molar-refractivity contribution >= 4 is 46.2 Å². The van der Waals surface area contributed by atoms with Gasteiger partial charge < -0.3 is 15.4 Å². The highest BCUT2D eigenvalue weighted by Gasteiger charge is 2.59. The Morgan fingerprint density at radius 1 is 1.12 bits per heavy atom. The van der Waals surface area contributed by atoms with E-state index in [-0.39, 0.29) is 11.9 Å². The SMILES string of the molecule is Cc1ccc2c(c1)[C@@H]1NC(=S)N(c3ccccc3)[C@](C)(O2)[C@H]1C(=O)Nc1ccc(Cl)cc1. The Morgan fingerprint density at radius 2 is 1.84 bits per heavy atom. The van der Waals surface area contributed by atoms with Crippen LogP contribution in [-0.4, -0.2) is 16.7 Å². The molecule has 1 amide bonds. The van der Waals surface area contributed by atoms with Crippen LogP contribution in [0.1, 0.15) is 24.1 Å². The number of halogens is 1. The third kappa shape index (κ3) is 3.40. The lowest BCUT2D eigenvalue weighted by Gasteiger charge is -2.56. The van der Waals surface area contributed by atoms with Crippen molar-refractivity contribution in [3.63, 3.8) is 0 Å². The van der Waals surface area contributed by atoms with Gasteiger partial charge in [-0.05, 0) is 68.5 Å². The van der Waals surface area contributed by atoms with Crippen molar-refractivity contribution in [1.82, 2.24) is 5.32 Å². The van der Waals surface area contributed by atoms with E-state index < -0.39 is 11.6 Å². The lowest BCUT2D eigenvalue weighted by molar-refractivity contribution is -0.130. The van der Waals surface area contributed by atoms with Crippen molar-refractivity contribution in [3.05, 3.63) is 88.9 Å². The Balaban J connectivity index is 1.62. The molecule has 0 spiro atoms. The quantitative estimate of drug-likeness (QED) is 0.506. The normalized spacial score (nSPS) is 23.6. The van der Waals surface area contributed by atoms with Gasteiger partial charge in [-0.1, -0.05) is 47.5 Å². The fourth-order valence-corrected chi connectivity index (χ4v) is 5.16. The van der Waals surface area contributed by atoms with Crippen LogP contribution in [-0.2, 0) is 4.79 Å². The van der Waals surface area contributed by atoms with Gasteiger partial charge in [-0.3, -0.25) is 9.69 Å². The molecule has 162 valence electrons. The first kappa shape index (κ1) is 20.8. The molecular formula is C25H22ClN3O2S. The lowest BCUT2D eigenvalue weighted by Crippen LogP contribution is -2.72.